The van der Waals surface area contributed by atoms with E-state index in [2.05, 4.69) is 33.9 Å². The first kappa shape index (κ1) is 26.7. The number of carbonyl (C=O) groups is 1. The van der Waals surface area contributed by atoms with Gasteiger partial charge in [-0.3, -0.25) is 14.9 Å². The van der Waals surface area contributed by atoms with Gasteiger partial charge in [-0.2, -0.15) is 0 Å². The van der Waals surface area contributed by atoms with Gasteiger partial charge in [-0.25, -0.2) is 4.79 Å². The van der Waals surface area contributed by atoms with Crippen LogP contribution in [0.1, 0.15) is 57.3 Å². The third-order valence-electron chi connectivity index (χ3n) is 8.13. The van der Waals surface area contributed by atoms with Gasteiger partial charge in [-0.15, -0.1) is 0 Å². The number of amidine groups is 1. The smallest absolute Gasteiger partial charge is 0.410 e. The lowest BCUT2D eigenvalue weighted by Crippen LogP contribution is -2.49. The molecule has 1 aromatic heterocycles. The van der Waals surface area contributed by atoms with Crippen LogP contribution in [0.4, 0.5) is 4.79 Å². The largest absolute Gasteiger partial charge is 0.444 e. The maximum Gasteiger partial charge on any atom is 0.410 e. The number of likely N-dealkylation sites (tertiary alicyclic amines) is 1. The maximum absolute atomic E-state index is 12.7. The summed E-state index contributed by atoms with van der Waals surface area (Å²) in [7, 11) is 3.98. The summed E-state index contributed by atoms with van der Waals surface area (Å²) in [5.74, 6) is 1.94. The van der Waals surface area contributed by atoms with E-state index < -0.39 is 5.60 Å². The second-order valence-electron chi connectivity index (χ2n) is 11.9. The second-order valence-corrected chi connectivity index (χ2v) is 11.9. The van der Waals surface area contributed by atoms with E-state index in [0.29, 0.717) is 6.54 Å². The molecule has 0 bridgehead atoms. The summed E-state index contributed by atoms with van der Waals surface area (Å²) in [6.45, 7) is 7.97. The van der Waals surface area contributed by atoms with Gasteiger partial charge < -0.3 is 24.5 Å². The van der Waals surface area contributed by atoms with Gasteiger partial charge in [0.25, 0.3) is 0 Å². The van der Waals surface area contributed by atoms with E-state index in [1.807, 2.05) is 52.2 Å². The molecule has 4 heterocycles. The molecule has 2 unspecified atom stereocenters. The number of aliphatic hydroxyl groups is 1. The lowest BCUT2D eigenvalue weighted by Gasteiger charge is -2.38. The van der Waals surface area contributed by atoms with Crippen LogP contribution in [0.5, 0.6) is 0 Å². The highest BCUT2D eigenvalue weighted by molar-refractivity contribution is 5.97. The predicted octanol–water partition coefficient (Wildman–Crippen LogP) is 3.19. The Bertz CT molecular complexity index is 1130. The molecule has 1 aliphatic carbocycles. The van der Waals surface area contributed by atoms with E-state index in [-0.39, 0.29) is 36.9 Å². The first-order valence-electron chi connectivity index (χ1n) is 13.9. The first-order valence-corrected chi connectivity index (χ1v) is 13.9. The molecule has 0 aromatic carbocycles. The van der Waals surface area contributed by atoms with Crippen LogP contribution in [0, 0.1) is 0 Å². The predicted molar refractivity (Wildman–Crippen MR) is 148 cm³/mol. The summed E-state index contributed by atoms with van der Waals surface area (Å²) in [5.41, 5.74) is 2.01. The maximum atomic E-state index is 12.7. The van der Waals surface area contributed by atoms with Gasteiger partial charge in [-0.1, -0.05) is 12.1 Å². The van der Waals surface area contributed by atoms with Crippen molar-refractivity contribution < 1.29 is 14.6 Å². The number of hydrogen-bond acceptors (Lipinski definition) is 8. The zero-order valence-corrected chi connectivity index (χ0v) is 23.4. The van der Waals surface area contributed by atoms with Gasteiger partial charge in [0, 0.05) is 32.9 Å². The minimum Gasteiger partial charge on any atom is -0.444 e. The van der Waals surface area contributed by atoms with E-state index in [1.54, 1.807) is 4.90 Å². The molecular formula is C29H42N6O3. The number of amides is 1. The molecule has 206 valence electrons. The zero-order valence-electron chi connectivity index (χ0n) is 23.4. The fourth-order valence-corrected chi connectivity index (χ4v) is 6.18. The quantitative estimate of drug-likeness (QED) is 0.614. The number of likely N-dealkylation sites (N-methyl/N-ethyl adjacent to an activating group) is 2. The number of allylic oxidation sites excluding steroid dienone is 2. The number of fused-ring (bicyclic) bond motifs is 2. The summed E-state index contributed by atoms with van der Waals surface area (Å²) in [5, 5.41) is 10.6. The van der Waals surface area contributed by atoms with Crippen LogP contribution in [0.25, 0.3) is 0 Å². The summed E-state index contributed by atoms with van der Waals surface area (Å²) < 4.78 is 5.59. The Hall–Kier alpha value is -2.91. The first-order chi connectivity index (χ1) is 18.2. The molecule has 0 spiro atoms. The minimum absolute atomic E-state index is 0.0191. The molecule has 1 aromatic rings. The number of pyridine rings is 1. The van der Waals surface area contributed by atoms with Crippen molar-refractivity contribution in [2.45, 2.75) is 76.2 Å². The van der Waals surface area contributed by atoms with Crippen LogP contribution in [0.15, 0.2) is 47.4 Å². The second kappa shape index (κ2) is 10.7. The molecule has 3 aliphatic heterocycles. The molecule has 5 rings (SSSR count). The summed E-state index contributed by atoms with van der Waals surface area (Å²) >= 11 is 0. The Morgan fingerprint density at radius 2 is 2.08 bits per heavy atom. The molecule has 4 atom stereocenters. The SMILES string of the molecule is CN(CC1N=C2C=CC=C(N3CC[C@@H](N(C)C(=O)OC(C)(C)C)C3)N2C1CO)[C@H]1CCCc2cccnc21. The average Bonchev–Trinajstić information content (AvgIpc) is 3.51. The van der Waals surface area contributed by atoms with E-state index in [0.717, 1.165) is 50.4 Å². The number of nitrogens with zero attached hydrogens (tertiary/aromatic N) is 6. The van der Waals surface area contributed by atoms with Gasteiger partial charge in [0.1, 0.15) is 17.3 Å². The molecule has 0 saturated carbocycles. The highest BCUT2D eigenvalue weighted by Gasteiger charge is 2.42. The Labute approximate surface area is 226 Å². The number of ether oxygens (including phenoxy) is 1. The normalized spacial score (nSPS) is 26.7. The molecule has 9 heteroatoms. The van der Waals surface area contributed by atoms with Crippen molar-refractivity contribution >= 4 is 11.9 Å². The van der Waals surface area contributed by atoms with Crippen LogP contribution in [-0.2, 0) is 11.2 Å². The van der Waals surface area contributed by atoms with Crippen LogP contribution in [0.2, 0.25) is 0 Å². The highest BCUT2D eigenvalue weighted by Crippen LogP contribution is 2.35. The number of aromatic nitrogens is 1. The number of aliphatic imine (C=N–C) groups is 1. The van der Waals surface area contributed by atoms with Crippen molar-refractivity contribution in [2.24, 2.45) is 4.99 Å². The van der Waals surface area contributed by atoms with Crippen molar-refractivity contribution in [1.29, 1.82) is 0 Å². The Morgan fingerprint density at radius 3 is 2.84 bits per heavy atom. The standard InChI is InChI=1S/C29H42N6O3/c1-29(2,3)38-28(37)33(5)21-14-16-34(17-21)26-13-7-12-25-31-22(24(19-36)35(25)26)18-32(4)23-11-6-9-20-10-8-15-30-27(20)23/h7-8,10,12-13,15,21-24,36H,6,9,11,14,16-19H2,1-5H3/t21-,22?,23+,24?/m1/s1. The Morgan fingerprint density at radius 1 is 1.26 bits per heavy atom. The van der Waals surface area contributed by atoms with Gasteiger partial charge in [0.05, 0.1) is 36.5 Å². The third-order valence-corrected chi connectivity index (χ3v) is 8.13. The van der Waals surface area contributed by atoms with Gasteiger partial charge in [0.2, 0.25) is 0 Å². The summed E-state index contributed by atoms with van der Waals surface area (Å²) in [4.78, 5) is 31.0. The lowest BCUT2D eigenvalue weighted by molar-refractivity contribution is 0.0228. The van der Waals surface area contributed by atoms with Crippen LogP contribution in [0.3, 0.4) is 0 Å². The summed E-state index contributed by atoms with van der Waals surface area (Å²) in [6.07, 6.45) is 12.0. The zero-order chi connectivity index (χ0) is 27.0. The van der Waals surface area contributed by atoms with Crippen LogP contribution < -0.4 is 0 Å². The van der Waals surface area contributed by atoms with Gasteiger partial charge in [0.15, 0.2) is 0 Å². The van der Waals surface area contributed by atoms with Crippen molar-refractivity contribution in [1.82, 2.24) is 24.6 Å². The van der Waals surface area contributed by atoms with E-state index in [9.17, 15) is 9.90 Å². The van der Waals surface area contributed by atoms with E-state index in [4.69, 9.17) is 14.7 Å². The molecule has 1 N–H and O–H groups in total. The number of aryl methyl sites for hydroxylation is 1. The van der Waals surface area contributed by atoms with Crippen molar-refractivity contribution in [3.05, 3.63) is 53.6 Å². The fraction of sp³-hybridized carbons (Fsp3) is 0.621. The Balaban J connectivity index is 1.27. The topological polar surface area (TPSA) is 84.7 Å². The highest BCUT2D eigenvalue weighted by atomic mass is 16.6. The lowest BCUT2D eigenvalue weighted by atomic mass is 9.90. The molecule has 9 nitrogen and oxygen atoms in total. The van der Waals surface area contributed by atoms with Crippen molar-refractivity contribution in [3.63, 3.8) is 0 Å². The van der Waals surface area contributed by atoms with Crippen LogP contribution >= 0.6 is 0 Å². The average molecular weight is 523 g/mol. The fourth-order valence-electron chi connectivity index (χ4n) is 6.18. The van der Waals surface area contributed by atoms with Crippen molar-refractivity contribution in [2.75, 3.05) is 40.3 Å². The van der Waals surface area contributed by atoms with E-state index in [1.165, 1.54) is 11.3 Å². The number of carbonyl (C=O) groups excluding carboxylic acids is 1. The molecular weight excluding hydrogens is 480 g/mol. The Kier molecular flexibility index (Phi) is 7.51. The molecule has 4 aliphatic rings. The molecule has 1 amide bonds. The van der Waals surface area contributed by atoms with Gasteiger partial charge in [-0.05, 0) is 77.3 Å². The van der Waals surface area contributed by atoms with Gasteiger partial charge >= 0.3 is 6.09 Å². The number of rotatable bonds is 6. The van der Waals surface area contributed by atoms with Crippen LogP contribution in [-0.4, -0.2) is 106 Å². The monoisotopic (exact) mass is 522 g/mol. The molecule has 1 fully saturated rings. The van der Waals surface area contributed by atoms with Crippen molar-refractivity contribution in [3.8, 4) is 0 Å². The minimum atomic E-state index is -0.520. The number of aliphatic hydroxyl groups excluding tert-OH is 1. The number of hydrogen-bond donors (Lipinski definition) is 1. The van der Waals surface area contributed by atoms with E-state index >= 15 is 0 Å². The third kappa shape index (κ3) is 5.31. The molecule has 1 saturated heterocycles. The summed E-state index contributed by atoms with van der Waals surface area (Å²) in [6, 6.07) is 4.36. The molecule has 0 radical (unpaired) electrons. The molecule has 38 heavy (non-hydrogen) atoms.